The predicted octanol–water partition coefficient (Wildman–Crippen LogP) is 3.88. The van der Waals surface area contributed by atoms with E-state index in [0.717, 1.165) is 58.8 Å². The number of thiophene rings is 1. The van der Waals surface area contributed by atoms with E-state index < -0.39 is 27.6 Å². The van der Waals surface area contributed by atoms with E-state index in [1.54, 1.807) is 0 Å². The maximum absolute atomic E-state index is 13.6. The molecule has 1 aromatic heterocycles. The highest BCUT2D eigenvalue weighted by atomic mass is 32.2. The smallest absolute Gasteiger partial charge is 0.341 e. The van der Waals surface area contributed by atoms with Crippen LogP contribution in [-0.2, 0) is 32.4 Å². The Morgan fingerprint density at radius 2 is 1.91 bits per heavy atom. The van der Waals surface area contributed by atoms with Crippen LogP contribution in [0.3, 0.4) is 0 Å². The van der Waals surface area contributed by atoms with Crippen LogP contribution >= 0.6 is 11.3 Å². The Balaban J connectivity index is 1.68. The minimum Gasteiger partial charge on any atom is -0.465 e. The number of benzene rings is 1. The molecule has 11 heteroatoms. The van der Waals surface area contributed by atoms with E-state index >= 15 is 0 Å². The molecule has 0 spiro atoms. The standard InChI is InChI=1S/C21H24F2N2O5S2/c1-30-21(27)19-14-6-3-4-7-17(14)31-20(19)24-18(26)8-5-11-25(32(2,28)29)13-9-10-15(22)16(23)12-13/h9-10,12H,3-8,11H2,1-2H3,(H,24,26). The molecule has 0 atom stereocenters. The lowest BCUT2D eigenvalue weighted by atomic mass is 9.95. The van der Waals surface area contributed by atoms with Crippen LogP contribution in [0.15, 0.2) is 18.2 Å². The first kappa shape index (κ1) is 24.1. The Morgan fingerprint density at radius 1 is 1.19 bits per heavy atom. The summed E-state index contributed by atoms with van der Waals surface area (Å²) in [6.45, 7) is -0.0951. The van der Waals surface area contributed by atoms with Crippen molar-refractivity contribution in [3.63, 3.8) is 0 Å². The Hall–Kier alpha value is -2.53. The zero-order valence-electron chi connectivity index (χ0n) is 17.7. The largest absolute Gasteiger partial charge is 0.465 e. The number of sulfonamides is 1. The molecule has 0 saturated carbocycles. The molecular formula is C21H24F2N2O5S2. The number of carbonyl (C=O) groups excluding carboxylic acids is 2. The fourth-order valence-corrected chi connectivity index (χ4v) is 5.92. The van der Waals surface area contributed by atoms with Crippen molar-refractivity contribution >= 4 is 43.9 Å². The summed E-state index contributed by atoms with van der Waals surface area (Å²) in [5.41, 5.74) is 1.29. The fourth-order valence-electron chi connectivity index (χ4n) is 3.67. The van der Waals surface area contributed by atoms with E-state index in [2.05, 4.69) is 5.32 Å². The summed E-state index contributed by atoms with van der Waals surface area (Å²) in [4.78, 5) is 25.9. The number of hydrogen-bond donors (Lipinski definition) is 1. The van der Waals surface area contributed by atoms with Gasteiger partial charge in [-0.1, -0.05) is 0 Å². The maximum atomic E-state index is 13.6. The predicted molar refractivity (Wildman–Crippen MR) is 119 cm³/mol. The van der Waals surface area contributed by atoms with E-state index in [4.69, 9.17) is 4.74 Å². The molecule has 1 aliphatic carbocycles. The normalized spacial score (nSPS) is 13.4. The summed E-state index contributed by atoms with van der Waals surface area (Å²) in [6.07, 6.45) is 4.64. The van der Waals surface area contributed by atoms with E-state index in [1.165, 1.54) is 24.5 Å². The molecule has 1 aromatic carbocycles. The van der Waals surface area contributed by atoms with Crippen LogP contribution in [0.1, 0.15) is 46.5 Å². The number of nitrogens with zero attached hydrogens (tertiary/aromatic N) is 1. The molecule has 174 valence electrons. The number of rotatable bonds is 8. The Bertz CT molecular complexity index is 1130. The third-order valence-corrected chi connectivity index (χ3v) is 7.57. The Kier molecular flexibility index (Phi) is 7.50. The summed E-state index contributed by atoms with van der Waals surface area (Å²) in [6, 6.07) is 2.82. The molecule has 0 saturated heterocycles. The Morgan fingerprint density at radius 3 is 2.56 bits per heavy atom. The van der Waals surface area contributed by atoms with Gasteiger partial charge in [-0.05, 0) is 49.8 Å². The van der Waals surface area contributed by atoms with Gasteiger partial charge in [0, 0.05) is 23.9 Å². The van der Waals surface area contributed by atoms with Crippen LogP contribution in [0.5, 0.6) is 0 Å². The summed E-state index contributed by atoms with van der Waals surface area (Å²) in [7, 11) is -2.48. The van der Waals surface area contributed by atoms with Gasteiger partial charge in [-0.25, -0.2) is 22.0 Å². The third-order valence-electron chi connectivity index (χ3n) is 5.17. The monoisotopic (exact) mass is 486 g/mol. The van der Waals surface area contributed by atoms with Crippen LogP contribution in [0.4, 0.5) is 19.5 Å². The molecule has 1 amide bonds. The number of halogens is 2. The van der Waals surface area contributed by atoms with Crippen LogP contribution in [0.2, 0.25) is 0 Å². The van der Waals surface area contributed by atoms with E-state index in [9.17, 15) is 26.8 Å². The van der Waals surface area contributed by atoms with Gasteiger partial charge in [0.1, 0.15) is 5.00 Å². The second-order valence-electron chi connectivity index (χ2n) is 7.49. The minimum absolute atomic E-state index is 0.0225. The summed E-state index contributed by atoms with van der Waals surface area (Å²) in [5, 5.41) is 3.19. The molecular weight excluding hydrogens is 462 g/mol. The number of methoxy groups -OCH3 is 1. The average Bonchev–Trinajstić information content (AvgIpc) is 3.09. The number of anilines is 2. The molecule has 7 nitrogen and oxygen atoms in total. The highest BCUT2D eigenvalue weighted by Crippen LogP contribution is 2.38. The van der Waals surface area contributed by atoms with Gasteiger partial charge >= 0.3 is 5.97 Å². The van der Waals surface area contributed by atoms with Crippen molar-refractivity contribution in [2.24, 2.45) is 0 Å². The molecule has 32 heavy (non-hydrogen) atoms. The van der Waals surface area contributed by atoms with Gasteiger partial charge in [-0.15, -0.1) is 11.3 Å². The first-order valence-electron chi connectivity index (χ1n) is 10.1. The molecule has 0 aliphatic heterocycles. The molecule has 0 radical (unpaired) electrons. The lowest BCUT2D eigenvalue weighted by Gasteiger charge is -2.22. The Labute approximate surface area is 189 Å². The second-order valence-corrected chi connectivity index (χ2v) is 10.5. The number of hydrogen-bond acceptors (Lipinski definition) is 6. The highest BCUT2D eigenvalue weighted by Gasteiger charge is 2.27. The third kappa shape index (κ3) is 5.44. The topological polar surface area (TPSA) is 92.8 Å². The first-order chi connectivity index (χ1) is 15.1. The van der Waals surface area contributed by atoms with Crippen molar-refractivity contribution < 1.29 is 31.5 Å². The maximum Gasteiger partial charge on any atom is 0.341 e. The molecule has 1 heterocycles. The zero-order chi connectivity index (χ0) is 23.5. The second kappa shape index (κ2) is 9.95. The van der Waals surface area contributed by atoms with Crippen molar-refractivity contribution in [2.45, 2.75) is 38.5 Å². The number of ether oxygens (including phenoxy) is 1. The fraction of sp³-hybridized carbons (Fsp3) is 0.429. The lowest BCUT2D eigenvalue weighted by molar-refractivity contribution is -0.116. The van der Waals surface area contributed by atoms with Crippen molar-refractivity contribution in [1.29, 1.82) is 0 Å². The molecule has 2 aromatic rings. The van der Waals surface area contributed by atoms with Crippen molar-refractivity contribution in [1.82, 2.24) is 0 Å². The number of esters is 1. The van der Waals surface area contributed by atoms with Crippen LogP contribution in [-0.4, -0.2) is 40.2 Å². The van der Waals surface area contributed by atoms with Gasteiger partial charge in [0.25, 0.3) is 0 Å². The molecule has 1 N–H and O–H groups in total. The number of nitrogens with one attached hydrogen (secondary N) is 1. The van der Waals surface area contributed by atoms with Gasteiger partial charge in [-0.3, -0.25) is 9.10 Å². The number of amides is 1. The molecule has 0 bridgehead atoms. The number of carbonyl (C=O) groups is 2. The van der Waals surface area contributed by atoms with Crippen molar-refractivity contribution in [3.05, 3.63) is 45.8 Å². The number of fused-ring (bicyclic) bond motifs is 1. The van der Waals surface area contributed by atoms with Crippen molar-refractivity contribution in [3.8, 4) is 0 Å². The van der Waals surface area contributed by atoms with Crippen molar-refractivity contribution in [2.75, 3.05) is 29.5 Å². The van der Waals surface area contributed by atoms with Gasteiger partial charge in [0.05, 0.1) is 24.6 Å². The molecule has 0 fully saturated rings. The van der Waals surface area contributed by atoms with E-state index in [0.29, 0.717) is 10.6 Å². The van der Waals surface area contributed by atoms with Gasteiger partial charge in [0.2, 0.25) is 15.9 Å². The van der Waals surface area contributed by atoms with Crippen LogP contribution in [0, 0.1) is 11.6 Å². The highest BCUT2D eigenvalue weighted by molar-refractivity contribution is 7.92. The summed E-state index contributed by atoms with van der Waals surface area (Å²) in [5.74, 6) is -3.12. The zero-order valence-corrected chi connectivity index (χ0v) is 19.4. The van der Waals surface area contributed by atoms with E-state index in [1.807, 2.05) is 0 Å². The van der Waals surface area contributed by atoms with E-state index in [-0.39, 0.29) is 31.0 Å². The van der Waals surface area contributed by atoms with Gasteiger partial charge in [0.15, 0.2) is 11.6 Å². The average molecular weight is 487 g/mol. The van der Waals surface area contributed by atoms with Crippen LogP contribution in [0.25, 0.3) is 0 Å². The minimum atomic E-state index is -3.77. The van der Waals surface area contributed by atoms with Crippen LogP contribution < -0.4 is 9.62 Å². The number of aryl methyl sites for hydroxylation is 1. The molecule has 3 rings (SSSR count). The quantitative estimate of drug-likeness (QED) is 0.572. The lowest BCUT2D eigenvalue weighted by Crippen LogP contribution is -2.31. The van der Waals surface area contributed by atoms with Gasteiger partial charge < -0.3 is 10.1 Å². The SMILES string of the molecule is COC(=O)c1c(NC(=O)CCCN(c2ccc(F)c(F)c2)S(C)(=O)=O)sc2c1CCCC2. The molecule has 1 aliphatic rings. The summed E-state index contributed by atoms with van der Waals surface area (Å²) >= 11 is 1.36. The first-order valence-corrected chi connectivity index (χ1v) is 12.7. The molecule has 0 unspecified atom stereocenters. The summed E-state index contributed by atoms with van der Waals surface area (Å²) < 4.78 is 56.8. The van der Waals surface area contributed by atoms with Gasteiger partial charge in [-0.2, -0.15) is 0 Å².